The molecule has 7 nitrogen and oxygen atoms in total. The second kappa shape index (κ2) is 9.08. The van der Waals surface area contributed by atoms with E-state index in [-0.39, 0.29) is 16.5 Å². The summed E-state index contributed by atoms with van der Waals surface area (Å²) in [6.45, 7) is 2.94. The first-order chi connectivity index (χ1) is 13.8. The van der Waals surface area contributed by atoms with E-state index >= 15 is 0 Å². The van der Waals surface area contributed by atoms with Gasteiger partial charge in [-0.05, 0) is 42.8 Å². The first-order valence-electron chi connectivity index (χ1n) is 8.95. The van der Waals surface area contributed by atoms with Crippen LogP contribution >= 0.6 is 11.6 Å². The van der Waals surface area contributed by atoms with Crippen LogP contribution in [0.5, 0.6) is 0 Å². The molecule has 1 aliphatic rings. The van der Waals surface area contributed by atoms with Crippen molar-refractivity contribution >= 4 is 38.9 Å². The summed E-state index contributed by atoms with van der Waals surface area (Å²) in [5, 5.41) is 5.69. The molecule has 0 atom stereocenters. The van der Waals surface area contributed by atoms with Crippen molar-refractivity contribution in [3.63, 3.8) is 0 Å². The van der Waals surface area contributed by atoms with E-state index in [1.54, 1.807) is 13.0 Å². The second-order valence-corrected chi connectivity index (χ2v) is 8.86. The number of anilines is 2. The summed E-state index contributed by atoms with van der Waals surface area (Å²) < 4.78 is 45.3. The Balaban J connectivity index is 1.70. The fourth-order valence-corrected chi connectivity index (χ4v) is 4.50. The van der Waals surface area contributed by atoms with Gasteiger partial charge in [0.05, 0.1) is 35.4 Å². The number of aryl methyl sites for hydroxylation is 1. The molecule has 1 saturated heterocycles. The number of nitrogens with zero attached hydrogens (tertiary/aromatic N) is 1. The molecule has 156 valence electrons. The van der Waals surface area contributed by atoms with Crippen LogP contribution in [0.3, 0.4) is 0 Å². The van der Waals surface area contributed by atoms with Crippen molar-refractivity contribution in [1.82, 2.24) is 4.31 Å². The number of carbonyl (C=O) groups is 1. The number of ether oxygens (including phenoxy) is 1. The molecule has 0 unspecified atom stereocenters. The third kappa shape index (κ3) is 5.24. The number of hydrogen-bond donors (Lipinski definition) is 2. The van der Waals surface area contributed by atoms with Gasteiger partial charge in [0.2, 0.25) is 15.9 Å². The lowest BCUT2D eigenvalue weighted by atomic mass is 10.2. The van der Waals surface area contributed by atoms with Crippen molar-refractivity contribution in [3.8, 4) is 0 Å². The maximum Gasteiger partial charge on any atom is 0.243 e. The van der Waals surface area contributed by atoms with Gasteiger partial charge in [-0.1, -0.05) is 17.7 Å². The fourth-order valence-electron chi connectivity index (χ4n) is 2.84. The number of amides is 1. The summed E-state index contributed by atoms with van der Waals surface area (Å²) in [6, 6.07) is 8.43. The standard InChI is InChI=1S/C19H21ClFN3O4S/c1-13-2-4-15(29(26,27)24-6-8-28-9-7-24)11-18(13)23-19(25)12-22-17-5-3-14(21)10-16(17)20/h2-5,10-11,22H,6-9,12H2,1H3,(H,23,25). The minimum absolute atomic E-state index is 0.106. The highest BCUT2D eigenvalue weighted by molar-refractivity contribution is 7.89. The molecular weight excluding hydrogens is 421 g/mol. The fraction of sp³-hybridized carbons (Fsp3) is 0.316. The molecule has 2 aromatic carbocycles. The lowest BCUT2D eigenvalue weighted by molar-refractivity contribution is -0.114. The Hall–Kier alpha value is -2.20. The zero-order valence-corrected chi connectivity index (χ0v) is 17.3. The van der Waals surface area contributed by atoms with E-state index in [4.69, 9.17) is 16.3 Å². The van der Waals surface area contributed by atoms with Gasteiger partial charge in [0.1, 0.15) is 5.82 Å². The SMILES string of the molecule is Cc1ccc(S(=O)(=O)N2CCOCC2)cc1NC(=O)CNc1ccc(F)cc1Cl. The monoisotopic (exact) mass is 441 g/mol. The van der Waals surface area contributed by atoms with Gasteiger partial charge in [0, 0.05) is 18.8 Å². The molecule has 10 heteroatoms. The summed E-state index contributed by atoms with van der Waals surface area (Å²) in [4.78, 5) is 12.4. The highest BCUT2D eigenvalue weighted by Gasteiger charge is 2.26. The number of rotatable bonds is 6. The third-order valence-electron chi connectivity index (χ3n) is 4.46. The van der Waals surface area contributed by atoms with Crippen molar-refractivity contribution < 1.29 is 22.3 Å². The van der Waals surface area contributed by atoms with Crippen LogP contribution in [0.2, 0.25) is 5.02 Å². The number of halogens is 2. The largest absolute Gasteiger partial charge is 0.379 e. The number of sulfonamides is 1. The number of morpholine rings is 1. The van der Waals surface area contributed by atoms with E-state index in [9.17, 15) is 17.6 Å². The number of hydrogen-bond acceptors (Lipinski definition) is 5. The van der Waals surface area contributed by atoms with Crippen LogP contribution in [0.15, 0.2) is 41.3 Å². The maximum atomic E-state index is 13.1. The Morgan fingerprint density at radius 3 is 2.59 bits per heavy atom. The van der Waals surface area contributed by atoms with Gasteiger partial charge in [0.15, 0.2) is 0 Å². The summed E-state index contributed by atoms with van der Waals surface area (Å²) in [5.74, 6) is -0.867. The quantitative estimate of drug-likeness (QED) is 0.719. The molecule has 1 fully saturated rings. The Labute approximate surface area is 173 Å². The number of nitrogens with one attached hydrogen (secondary N) is 2. The van der Waals surface area contributed by atoms with E-state index in [2.05, 4.69) is 10.6 Å². The van der Waals surface area contributed by atoms with E-state index in [0.717, 1.165) is 11.6 Å². The first kappa shape index (κ1) is 21.5. The maximum absolute atomic E-state index is 13.1. The molecule has 0 aromatic heterocycles. The molecule has 1 amide bonds. The van der Waals surface area contributed by atoms with Crippen molar-refractivity contribution in [2.45, 2.75) is 11.8 Å². The summed E-state index contributed by atoms with van der Waals surface area (Å²) >= 11 is 5.93. The van der Waals surface area contributed by atoms with E-state index in [0.29, 0.717) is 37.7 Å². The first-order valence-corrected chi connectivity index (χ1v) is 10.8. The van der Waals surface area contributed by atoms with Crippen LogP contribution < -0.4 is 10.6 Å². The molecule has 0 radical (unpaired) electrons. The second-order valence-electron chi connectivity index (χ2n) is 6.52. The van der Waals surface area contributed by atoms with Crippen molar-refractivity contribution in [3.05, 3.63) is 52.8 Å². The predicted molar refractivity (Wildman–Crippen MR) is 109 cm³/mol. The van der Waals surface area contributed by atoms with Crippen LogP contribution in [0.25, 0.3) is 0 Å². The minimum Gasteiger partial charge on any atom is -0.379 e. The number of carbonyl (C=O) groups excluding carboxylic acids is 1. The van der Waals surface area contributed by atoms with Crippen LogP contribution in [0, 0.1) is 12.7 Å². The Bertz CT molecular complexity index is 1010. The molecule has 2 N–H and O–H groups in total. The average molecular weight is 442 g/mol. The van der Waals surface area contributed by atoms with Crippen LogP contribution in [-0.4, -0.2) is 51.5 Å². The average Bonchev–Trinajstić information content (AvgIpc) is 2.69. The van der Waals surface area contributed by atoms with E-state index < -0.39 is 21.7 Å². The Morgan fingerprint density at radius 2 is 1.90 bits per heavy atom. The summed E-state index contributed by atoms with van der Waals surface area (Å²) in [5.41, 5.74) is 1.54. The molecule has 29 heavy (non-hydrogen) atoms. The van der Waals surface area contributed by atoms with Gasteiger partial charge in [-0.25, -0.2) is 12.8 Å². The predicted octanol–water partition coefficient (Wildman–Crippen LogP) is 2.86. The molecule has 0 bridgehead atoms. The van der Waals surface area contributed by atoms with Crippen molar-refractivity contribution in [2.75, 3.05) is 43.5 Å². The molecule has 3 rings (SSSR count). The normalized spacial score (nSPS) is 15.1. The highest BCUT2D eigenvalue weighted by Crippen LogP contribution is 2.24. The molecule has 0 saturated carbocycles. The molecular formula is C19H21ClFN3O4S. The Kier molecular flexibility index (Phi) is 6.74. The Morgan fingerprint density at radius 1 is 1.17 bits per heavy atom. The zero-order chi connectivity index (χ0) is 21.0. The molecule has 2 aromatic rings. The lowest BCUT2D eigenvalue weighted by Crippen LogP contribution is -2.40. The van der Waals surface area contributed by atoms with Gasteiger partial charge in [-0.3, -0.25) is 4.79 Å². The molecule has 1 heterocycles. The van der Waals surface area contributed by atoms with Crippen LogP contribution in [-0.2, 0) is 19.6 Å². The highest BCUT2D eigenvalue weighted by atomic mass is 35.5. The van der Waals surface area contributed by atoms with E-state index in [1.165, 1.54) is 28.6 Å². The molecule has 0 aliphatic carbocycles. The zero-order valence-electron chi connectivity index (χ0n) is 15.7. The van der Waals surface area contributed by atoms with Crippen molar-refractivity contribution in [1.29, 1.82) is 0 Å². The van der Waals surface area contributed by atoms with E-state index in [1.807, 2.05) is 0 Å². The smallest absolute Gasteiger partial charge is 0.243 e. The molecule has 0 spiro atoms. The van der Waals surface area contributed by atoms with Gasteiger partial charge < -0.3 is 15.4 Å². The van der Waals surface area contributed by atoms with Gasteiger partial charge in [-0.2, -0.15) is 4.31 Å². The molecule has 1 aliphatic heterocycles. The van der Waals surface area contributed by atoms with Crippen LogP contribution in [0.1, 0.15) is 5.56 Å². The summed E-state index contributed by atoms with van der Waals surface area (Å²) in [7, 11) is -3.67. The van der Waals surface area contributed by atoms with Gasteiger partial charge in [-0.15, -0.1) is 0 Å². The lowest BCUT2D eigenvalue weighted by Gasteiger charge is -2.26. The summed E-state index contributed by atoms with van der Waals surface area (Å²) in [6.07, 6.45) is 0. The van der Waals surface area contributed by atoms with Crippen molar-refractivity contribution in [2.24, 2.45) is 0 Å². The van der Waals surface area contributed by atoms with Gasteiger partial charge >= 0.3 is 0 Å². The minimum atomic E-state index is -3.67. The van der Waals surface area contributed by atoms with Crippen LogP contribution in [0.4, 0.5) is 15.8 Å². The van der Waals surface area contributed by atoms with Gasteiger partial charge in [0.25, 0.3) is 0 Å². The topological polar surface area (TPSA) is 87.7 Å². The third-order valence-corrected chi connectivity index (χ3v) is 6.67. The number of benzene rings is 2.